The highest BCUT2D eigenvalue weighted by Gasteiger charge is 2.07. The molecule has 0 saturated heterocycles. The number of carbonyl (C=O) groups excluding carboxylic acids is 1. The summed E-state index contributed by atoms with van der Waals surface area (Å²) >= 11 is 0. The summed E-state index contributed by atoms with van der Waals surface area (Å²) in [7, 11) is 0. The van der Waals surface area contributed by atoms with Gasteiger partial charge in [-0.3, -0.25) is 9.78 Å². The maximum absolute atomic E-state index is 11.9. The van der Waals surface area contributed by atoms with Crippen molar-refractivity contribution in [2.45, 2.75) is 0 Å². The van der Waals surface area contributed by atoms with Gasteiger partial charge in [-0.1, -0.05) is 12.1 Å². The third kappa shape index (κ3) is 4.17. The summed E-state index contributed by atoms with van der Waals surface area (Å²) < 4.78 is 0. The van der Waals surface area contributed by atoms with Gasteiger partial charge in [0, 0.05) is 18.0 Å². The molecule has 6 nitrogen and oxygen atoms in total. The lowest BCUT2D eigenvalue weighted by molar-refractivity contribution is -0.131. The first-order valence-electron chi connectivity index (χ1n) is 6.01. The maximum Gasteiger partial charge on any atom is 0.328 e. The highest BCUT2D eigenvalue weighted by molar-refractivity contribution is 6.04. The molecule has 0 aliphatic carbocycles. The number of hydrogen-bond acceptors (Lipinski definition) is 4. The van der Waals surface area contributed by atoms with Gasteiger partial charge in [0.2, 0.25) is 0 Å². The molecule has 0 fully saturated rings. The van der Waals surface area contributed by atoms with E-state index in [1.54, 1.807) is 24.3 Å². The molecule has 0 saturated carbocycles. The Bertz CT molecular complexity index is 693. The van der Waals surface area contributed by atoms with Crippen LogP contribution in [0.15, 0.2) is 48.8 Å². The molecule has 6 heteroatoms. The van der Waals surface area contributed by atoms with Gasteiger partial charge in [0.15, 0.2) is 0 Å². The summed E-state index contributed by atoms with van der Waals surface area (Å²) in [6, 6.07) is 7.96. The van der Waals surface area contributed by atoms with E-state index in [0.717, 1.165) is 6.08 Å². The van der Waals surface area contributed by atoms with Crippen molar-refractivity contribution in [2.75, 3.05) is 5.32 Å². The summed E-state index contributed by atoms with van der Waals surface area (Å²) in [5.41, 5.74) is 1.50. The lowest BCUT2D eigenvalue weighted by Crippen LogP contribution is -2.11. The second-order valence-electron chi connectivity index (χ2n) is 4.18. The van der Waals surface area contributed by atoms with Crippen molar-refractivity contribution in [1.29, 1.82) is 0 Å². The molecule has 1 aromatic carbocycles. The van der Waals surface area contributed by atoms with Crippen molar-refractivity contribution in [3.8, 4) is 5.75 Å². The van der Waals surface area contributed by atoms with Crippen LogP contribution in [0.3, 0.4) is 0 Å². The second kappa shape index (κ2) is 6.33. The highest BCUT2D eigenvalue weighted by atomic mass is 16.4. The molecule has 0 radical (unpaired) electrons. The fourth-order valence-corrected chi connectivity index (χ4v) is 1.60. The van der Waals surface area contributed by atoms with Crippen LogP contribution in [0.2, 0.25) is 0 Å². The van der Waals surface area contributed by atoms with Gasteiger partial charge in [-0.15, -0.1) is 0 Å². The average Bonchev–Trinajstić information content (AvgIpc) is 2.46. The molecular weight excluding hydrogens is 272 g/mol. The van der Waals surface area contributed by atoms with E-state index in [4.69, 9.17) is 5.11 Å². The smallest absolute Gasteiger partial charge is 0.328 e. The minimum atomic E-state index is -1.02. The number of hydrogen-bond donors (Lipinski definition) is 3. The molecule has 0 aliphatic heterocycles. The first-order valence-corrected chi connectivity index (χ1v) is 6.01. The fraction of sp³-hybridized carbons (Fsp3) is 0. The van der Waals surface area contributed by atoms with E-state index in [2.05, 4.69) is 10.3 Å². The lowest BCUT2D eigenvalue weighted by atomic mass is 10.2. The monoisotopic (exact) mass is 284 g/mol. The Labute approximate surface area is 120 Å². The van der Waals surface area contributed by atoms with Gasteiger partial charge < -0.3 is 15.5 Å². The van der Waals surface area contributed by atoms with Crippen molar-refractivity contribution in [2.24, 2.45) is 0 Å². The van der Waals surface area contributed by atoms with Gasteiger partial charge in [-0.2, -0.15) is 0 Å². The Kier molecular flexibility index (Phi) is 4.30. The molecule has 0 spiro atoms. The first kappa shape index (κ1) is 14.3. The van der Waals surface area contributed by atoms with Crippen LogP contribution in [0, 0.1) is 0 Å². The molecule has 1 heterocycles. The van der Waals surface area contributed by atoms with Crippen LogP contribution < -0.4 is 5.32 Å². The van der Waals surface area contributed by atoms with Gasteiger partial charge in [0.05, 0.1) is 11.8 Å². The summed E-state index contributed by atoms with van der Waals surface area (Å²) in [6.07, 6.45) is 5.07. The molecular formula is C15H12N2O4. The van der Waals surface area contributed by atoms with E-state index in [1.807, 2.05) is 0 Å². The predicted molar refractivity (Wildman–Crippen MR) is 77.0 cm³/mol. The molecule has 1 amide bonds. The van der Waals surface area contributed by atoms with Crippen molar-refractivity contribution in [1.82, 2.24) is 4.98 Å². The number of aliphatic carboxylic acids is 1. The Morgan fingerprint density at radius 3 is 2.48 bits per heavy atom. The standard InChI is InChI=1S/C15H12N2O4/c18-13-7-11(8-16-9-13)15(21)17-12-4-1-10(2-5-12)3-6-14(19)20/h1-9,18H,(H,17,21)(H,19,20)/b6-3+. The van der Waals surface area contributed by atoms with Crippen LogP contribution in [0.4, 0.5) is 5.69 Å². The summed E-state index contributed by atoms with van der Waals surface area (Å²) in [6.45, 7) is 0. The normalized spacial score (nSPS) is 10.5. The Hall–Kier alpha value is -3.15. The second-order valence-corrected chi connectivity index (χ2v) is 4.18. The number of carboxylic acid groups (broad SMARTS) is 1. The minimum absolute atomic E-state index is 0.0863. The van der Waals surface area contributed by atoms with E-state index in [9.17, 15) is 14.7 Å². The maximum atomic E-state index is 11.9. The Balaban J connectivity index is 2.06. The number of pyridine rings is 1. The SMILES string of the molecule is O=C(O)/C=C/c1ccc(NC(=O)c2cncc(O)c2)cc1. The van der Waals surface area contributed by atoms with E-state index >= 15 is 0 Å². The van der Waals surface area contributed by atoms with Crippen LogP contribution >= 0.6 is 0 Å². The molecule has 0 bridgehead atoms. The molecule has 21 heavy (non-hydrogen) atoms. The topological polar surface area (TPSA) is 99.5 Å². The number of aromatic nitrogens is 1. The Morgan fingerprint density at radius 2 is 1.86 bits per heavy atom. The summed E-state index contributed by atoms with van der Waals surface area (Å²) in [5, 5.41) is 20.4. The average molecular weight is 284 g/mol. The van der Waals surface area contributed by atoms with Gasteiger partial charge in [-0.05, 0) is 29.8 Å². The van der Waals surface area contributed by atoms with Crippen molar-refractivity contribution >= 4 is 23.6 Å². The fourth-order valence-electron chi connectivity index (χ4n) is 1.60. The van der Waals surface area contributed by atoms with E-state index in [-0.39, 0.29) is 11.3 Å². The number of carboxylic acids is 1. The first-order chi connectivity index (χ1) is 10.0. The third-order valence-corrected chi connectivity index (χ3v) is 2.57. The van der Waals surface area contributed by atoms with Crippen LogP contribution in [-0.2, 0) is 4.79 Å². The number of amides is 1. The van der Waals surface area contributed by atoms with Crippen LogP contribution in [0.1, 0.15) is 15.9 Å². The van der Waals surface area contributed by atoms with Crippen molar-refractivity contribution in [3.05, 3.63) is 59.9 Å². The van der Waals surface area contributed by atoms with E-state index in [0.29, 0.717) is 11.3 Å². The number of benzene rings is 1. The number of anilines is 1. The van der Waals surface area contributed by atoms with E-state index < -0.39 is 11.9 Å². The van der Waals surface area contributed by atoms with Crippen molar-refractivity contribution in [3.63, 3.8) is 0 Å². The number of carbonyl (C=O) groups is 2. The third-order valence-electron chi connectivity index (χ3n) is 2.57. The van der Waals surface area contributed by atoms with Crippen LogP contribution in [0.25, 0.3) is 6.08 Å². The predicted octanol–water partition coefficient (Wildman–Crippen LogP) is 2.14. The molecule has 3 N–H and O–H groups in total. The van der Waals surface area contributed by atoms with Gasteiger partial charge in [0.1, 0.15) is 5.75 Å². The zero-order chi connectivity index (χ0) is 15.2. The van der Waals surface area contributed by atoms with Crippen molar-refractivity contribution < 1.29 is 19.8 Å². The van der Waals surface area contributed by atoms with E-state index in [1.165, 1.54) is 24.5 Å². The molecule has 0 aliphatic rings. The molecule has 2 aromatic rings. The molecule has 1 aromatic heterocycles. The summed E-state index contributed by atoms with van der Waals surface area (Å²) in [5.74, 6) is -1.51. The minimum Gasteiger partial charge on any atom is -0.506 e. The van der Waals surface area contributed by atoms with Gasteiger partial charge >= 0.3 is 5.97 Å². The largest absolute Gasteiger partial charge is 0.506 e. The molecule has 0 atom stereocenters. The molecule has 106 valence electrons. The zero-order valence-electron chi connectivity index (χ0n) is 10.9. The van der Waals surface area contributed by atoms with Crippen LogP contribution in [-0.4, -0.2) is 27.1 Å². The number of nitrogens with one attached hydrogen (secondary N) is 1. The number of nitrogens with zero attached hydrogens (tertiary/aromatic N) is 1. The molecule has 0 unspecified atom stereocenters. The Morgan fingerprint density at radius 1 is 1.14 bits per heavy atom. The van der Waals surface area contributed by atoms with Gasteiger partial charge in [-0.25, -0.2) is 4.79 Å². The zero-order valence-corrected chi connectivity index (χ0v) is 10.9. The molecule has 2 rings (SSSR count). The quantitative estimate of drug-likeness (QED) is 0.747. The number of rotatable bonds is 4. The van der Waals surface area contributed by atoms with Gasteiger partial charge in [0.25, 0.3) is 5.91 Å². The van der Waals surface area contributed by atoms with Crippen LogP contribution in [0.5, 0.6) is 5.75 Å². The summed E-state index contributed by atoms with van der Waals surface area (Å²) in [4.78, 5) is 26.0. The highest BCUT2D eigenvalue weighted by Crippen LogP contribution is 2.14. The number of aromatic hydroxyl groups is 1. The lowest BCUT2D eigenvalue weighted by Gasteiger charge is -2.05.